The van der Waals surface area contributed by atoms with Crippen LogP contribution in [-0.2, 0) is 6.42 Å². The maximum Gasteiger partial charge on any atom is 0.161 e. The van der Waals surface area contributed by atoms with Gasteiger partial charge in [0.2, 0.25) is 0 Å². The third kappa shape index (κ3) is 2.28. The van der Waals surface area contributed by atoms with E-state index in [1.165, 1.54) is 11.1 Å². The highest BCUT2D eigenvalue weighted by atomic mass is 35.5. The summed E-state index contributed by atoms with van der Waals surface area (Å²) in [5, 5.41) is -0.0166. The molecule has 0 fully saturated rings. The van der Waals surface area contributed by atoms with E-state index in [1.807, 2.05) is 12.1 Å². The van der Waals surface area contributed by atoms with Crippen molar-refractivity contribution < 1.29 is 9.47 Å². The molecule has 2 nitrogen and oxygen atoms in total. The van der Waals surface area contributed by atoms with E-state index in [0.29, 0.717) is 19.1 Å². The Morgan fingerprint density at radius 3 is 2.67 bits per heavy atom. The Morgan fingerprint density at radius 1 is 1.00 bits per heavy atom. The highest BCUT2D eigenvalue weighted by molar-refractivity contribution is 6.21. The van der Waals surface area contributed by atoms with Gasteiger partial charge in [-0.2, -0.15) is 0 Å². The molecule has 0 N–H and O–H groups in total. The second kappa shape index (κ2) is 5.27. The van der Waals surface area contributed by atoms with Crippen LogP contribution in [0.25, 0.3) is 0 Å². The summed E-state index contributed by atoms with van der Waals surface area (Å²) in [6, 6.07) is 14.6. The summed E-state index contributed by atoms with van der Waals surface area (Å²) in [5.41, 5.74) is 3.91. The number of rotatable bonds is 2. The van der Waals surface area contributed by atoms with Gasteiger partial charge in [-0.1, -0.05) is 30.3 Å². The predicted octanol–water partition coefficient (Wildman–Crippen LogP) is 4.47. The van der Waals surface area contributed by atoms with Crippen molar-refractivity contribution in [3.8, 4) is 11.5 Å². The van der Waals surface area contributed by atoms with Gasteiger partial charge in [-0.25, -0.2) is 0 Å². The smallest absolute Gasteiger partial charge is 0.161 e. The zero-order valence-corrected chi connectivity index (χ0v) is 12.5. The fourth-order valence-corrected chi connectivity index (χ4v) is 3.50. The lowest BCUT2D eigenvalue weighted by Crippen LogP contribution is -2.21. The minimum absolute atomic E-state index is 0.0166. The van der Waals surface area contributed by atoms with Gasteiger partial charge in [0.15, 0.2) is 11.5 Å². The van der Waals surface area contributed by atoms with Crippen molar-refractivity contribution in [3.63, 3.8) is 0 Å². The van der Waals surface area contributed by atoms with E-state index in [9.17, 15) is 0 Å². The van der Waals surface area contributed by atoms with E-state index >= 15 is 0 Å². The maximum atomic E-state index is 6.72. The molecule has 2 aromatic carbocycles. The van der Waals surface area contributed by atoms with Crippen molar-refractivity contribution in [1.29, 1.82) is 0 Å². The number of halogens is 1. The molecule has 0 saturated heterocycles. The Morgan fingerprint density at radius 2 is 1.81 bits per heavy atom. The molecule has 2 aromatic rings. The predicted molar refractivity (Wildman–Crippen MR) is 83.5 cm³/mol. The van der Waals surface area contributed by atoms with E-state index in [0.717, 1.165) is 29.9 Å². The van der Waals surface area contributed by atoms with Gasteiger partial charge in [0.05, 0.1) is 18.6 Å². The van der Waals surface area contributed by atoms with Crippen LogP contribution in [0.3, 0.4) is 0 Å². The van der Waals surface area contributed by atoms with Crippen molar-refractivity contribution in [2.45, 2.75) is 24.1 Å². The van der Waals surface area contributed by atoms with E-state index in [2.05, 4.69) is 30.3 Å². The van der Waals surface area contributed by atoms with Gasteiger partial charge in [-0.05, 0) is 35.2 Å². The molecule has 0 radical (unpaired) electrons. The molecule has 0 saturated carbocycles. The van der Waals surface area contributed by atoms with Gasteiger partial charge in [-0.3, -0.25) is 0 Å². The number of fused-ring (bicyclic) bond motifs is 2. The summed E-state index contributed by atoms with van der Waals surface area (Å²) in [6.45, 7) is 1.42. The molecule has 0 aromatic heterocycles. The number of hydrogen-bond acceptors (Lipinski definition) is 2. The quantitative estimate of drug-likeness (QED) is 0.762. The van der Waals surface area contributed by atoms with Crippen LogP contribution in [0.15, 0.2) is 42.5 Å². The van der Waals surface area contributed by atoms with Crippen LogP contribution < -0.4 is 9.47 Å². The van der Waals surface area contributed by atoms with Crippen molar-refractivity contribution in [2.75, 3.05) is 13.2 Å². The van der Waals surface area contributed by atoms with Crippen LogP contribution in [0.2, 0.25) is 0 Å². The van der Waals surface area contributed by atoms with Crippen LogP contribution in [0.1, 0.15) is 34.4 Å². The number of alkyl halides is 1. The molecule has 1 aliphatic heterocycles. The van der Waals surface area contributed by atoms with Gasteiger partial charge in [0.25, 0.3) is 0 Å². The molecule has 2 aliphatic rings. The van der Waals surface area contributed by atoms with Crippen molar-refractivity contribution in [2.24, 2.45) is 0 Å². The Hall–Kier alpha value is -1.67. The summed E-state index contributed by atoms with van der Waals surface area (Å²) in [5.74, 6) is 2.05. The molecule has 0 bridgehead atoms. The Balaban J connectivity index is 1.61. The van der Waals surface area contributed by atoms with Crippen molar-refractivity contribution in [1.82, 2.24) is 0 Å². The molecule has 0 amide bonds. The second-order valence-corrected chi connectivity index (χ2v) is 6.14. The third-order valence-corrected chi connectivity index (χ3v) is 4.89. The van der Waals surface area contributed by atoms with E-state index in [1.54, 1.807) is 0 Å². The molecule has 3 heteroatoms. The van der Waals surface area contributed by atoms with Gasteiger partial charge < -0.3 is 9.47 Å². The number of benzene rings is 2. The lowest BCUT2D eigenvalue weighted by atomic mass is 9.74. The average Bonchev–Trinajstić information content (AvgIpc) is 2.72. The molecular weight excluding hydrogens is 284 g/mol. The molecule has 21 heavy (non-hydrogen) atoms. The minimum atomic E-state index is -0.0166. The van der Waals surface area contributed by atoms with Crippen LogP contribution in [0.5, 0.6) is 11.5 Å². The molecule has 4 rings (SSSR count). The number of ether oxygens (including phenoxy) is 2. The monoisotopic (exact) mass is 300 g/mol. The minimum Gasteiger partial charge on any atom is -0.490 e. The van der Waals surface area contributed by atoms with E-state index < -0.39 is 0 Å². The molecule has 2 unspecified atom stereocenters. The van der Waals surface area contributed by atoms with Gasteiger partial charge in [-0.15, -0.1) is 11.6 Å². The second-order valence-electron chi connectivity index (χ2n) is 5.67. The molecule has 1 aliphatic carbocycles. The largest absolute Gasteiger partial charge is 0.490 e. The zero-order valence-electron chi connectivity index (χ0n) is 11.7. The van der Waals surface area contributed by atoms with Crippen molar-refractivity contribution in [3.05, 3.63) is 59.2 Å². The van der Waals surface area contributed by atoms with Crippen LogP contribution in [0.4, 0.5) is 0 Å². The first-order valence-corrected chi connectivity index (χ1v) is 7.88. The first kappa shape index (κ1) is 13.0. The standard InChI is InChI=1S/C18H17ClO2/c19-18(15-10-12-4-1-2-5-14(12)15)13-6-7-16-17(11-13)21-9-3-8-20-16/h1-2,4-7,11,15,18H,3,8-10H2. The first-order valence-electron chi connectivity index (χ1n) is 7.44. The lowest BCUT2D eigenvalue weighted by Gasteiger charge is -2.34. The van der Waals surface area contributed by atoms with Crippen LogP contribution in [0, 0.1) is 0 Å². The highest BCUT2D eigenvalue weighted by Gasteiger charge is 2.32. The average molecular weight is 301 g/mol. The Labute approximate surface area is 129 Å². The molecular formula is C18H17ClO2. The molecule has 2 atom stereocenters. The van der Waals surface area contributed by atoms with E-state index in [4.69, 9.17) is 21.1 Å². The normalized spacial score (nSPS) is 20.9. The van der Waals surface area contributed by atoms with Crippen LogP contribution in [-0.4, -0.2) is 13.2 Å². The third-order valence-electron chi connectivity index (χ3n) is 4.34. The highest BCUT2D eigenvalue weighted by Crippen LogP contribution is 2.48. The Kier molecular flexibility index (Phi) is 3.27. The van der Waals surface area contributed by atoms with E-state index in [-0.39, 0.29) is 5.38 Å². The topological polar surface area (TPSA) is 18.5 Å². The fraction of sp³-hybridized carbons (Fsp3) is 0.333. The Bertz CT molecular complexity index is 668. The van der Waals surface area contributed by atoms with Gasteiger partial charge in [0.1, 0.15) is 0 Å². The van der Waals surface area contributed by atoms with Gasteiger partial charge >= 0.3 is 0 Å². The lowest BCUT2D eigenvalue weighted by molar-refractivity contribution is 0.297. The molecule has 0 spiro atoms. The summed E-state index contributed by atoms with van der Waals surface area (Å²) in [6.07, 6.45) is 1.98. The van der Waals surface area contributed by atoms with Gasteiger partial charge in [0, 0.05) is 12.3 Å². The molecule has 1 heterocycles. The summed E-state index contributed by atoms with van der Waals surface area (Å²) in [7, 11) is 0. The summed E-state index contributed by atoms with van der Waals surface area (Å²) >= 11 is 6.72. The first-order chi connectivity index (χ1) is 10.3. The summed E-state index contributed by atoms with van der Waals surface area (Å²) < 4.78 is 11.4. The maximum absolute atomic E-state index is 6.72. The summed E-state index contributed by atoms with van der Waals surface area (Å²) in [4.78, 5) is 0. The van der Waals surface area contributed by atoms with Crippen LogP contribution >= 0.6 is 11.6 Å². The zero-order chi connectivity index (χ0) is 14.2. The fourth-order valence-electron chi connectivity index (χ4n) is 3.14. The van der Waals surface area contributed by atoms with Crippen molar-refractivity contribution >= 4 is 11.6 Å². The molecule has 108 valence electrons. The number of hydrogen-bond donors (Lipinski definition) is 0. The SMILES string of the molecule is ClC(c1ccc2c(c1)OCCCO2)C1Cc2ccccc21.